The lowest BCUT2D eigenvalue weighted by molar-refractivity contribution is -0.126. The van der Waals surface area contributed by atoms with Gasteiger partial charge in [-0.05, 0) is 31.0 Å². The lowest BCUT2D eigenvalue weighted by Crippen LogP contribution is -2.31. The Hall–Kier alpha value is -1.21. The van der Waals surface area contributed by atoms with Gasteiger partial charge in [-0.1, -0.05) is 27.7 Å². The van der Waals surface area contributed by atoms with E-state index >= 15 is 0 Å². The van der Waals surface area contributed by atoms with E-state index in [1.54, 1.807) is 27.2 Å². The Labute approximate surface area is 136 Å². The van der Waals surface area contributed by atoms with Crippen molar-refractivity contribution in [3.05, 3.63) is 22.2 Å². The Balaban J connectivity index is 2.24. The Kier molecular flexibility index (Phi) is 5.16. The quantitative estimate of drug-likeness (QED) is 0.793. The molecule has 114 valence electrons. The number of ether oxygens (including phenoxy) is 2. The van der Waals surface area contributed by atoms with Crippen LogP contribution >= 0.6 is 27.7 Å². The summed E-state index contributed by atoms with van der Waals surface area (Å²) in [6.07, 6.45) is 0.465. The maximum absolute atomic E-state index is 12.2. The van der Waals surface area contributed by atoms with Gasteiger partial charge in [-0.25, -0.2) is 0 Å². The first-order chi connectivity index (χ1) is 10.0. The number of thioether (sulfide) groups is 1. The van der Waals surface area contributed by atoms with Gasteiger partial charge in [0, 0.05) is 11.0 Å². The molecule has 2 rings (SSSR count). The van der Waals surface area contributed by atoms with E-state index in [9.17, 15) is 9.59 Å². The van der Waals surface area contributed by atoms with Crippen LogP contribution in [-0.2, 0) is 11.2 Å². The van der Waals surface area contributed by atoms with Crippen molar-refractivity contribution in [2.45, 2.75) is 18.6 Å². The molecule has 1 saturated heterocycles. The van der Waals surface area contributed by atoms with Crippen molar-refractivity contribution >= 4 is 38.8 Å². The monoisotopic (exact) mass is 373 g/mol. The van der Waals surface area contributed by atoms with Crippen molar-refractivity contribution in [3.8, 4) is 11.5 Å². The van der Waals surface area contributed by atoms with E-state index in [1.807, 2.05) is 6.07 Å². The molecular formula is C14H16BrNO4S. The van der Waals surface area contributed by atoms with Crippen LogP contribution in [0.5, 0.6) is 11.5 Å². The van der Waals surface area contributed by atoms with Gasteiger partial charge in [0.05, 0.1) is 19.5 Å². The van der Waals surface area contributed by atoms with E-state index in [0.29, 0.717) is 24.5 Å². The molecule has 1 aromatic rings. The average Bonchev–Trinajstić information content (AvgIpc) is 2.74. The van der Waals surface area contributed by atoms with Gasteiger partial charge in [-0.3, -0.25) is 14.5 Å². The van der Waals surface area contributed by atoms with Crippen molar-refractivity contribution in [2.75, 3.05) is 20.8 Å². The van der Waals surface area contributed by atoms with Crippen LogP contribution in [0.3, 0.4) is 0 Å². The van der Waals surface area contributed by atoms with Crippen LogP contribution in [0.4, 0.5) is 4.79 Å². The molecule has 0 bridgehead atoms. The first-order valence-corrected chi connectivity index (χ1v) is 8.11. The standard InChI is InChI=1S/C14H16BrNO4S/c1-4-16-13(17)12(21-14(16)18)6-8-5-10(19-2)11(20-3)7-9(8)15/h5,7,12H,4,6H2,1-3H3/t12-/m1/s1. The average molecular weight is 374 g/mol. The maximum atomic E-state index is 12.2. The number of imide groups is 1. The van der Waals surface area contributed by atoms with Gasteiger partial charge < -0.3 is 9.47 Å². The summed E-state index contributed by atoms with van der Waals surface area (Å²) in [5, 5.41) is -0.559. The fourth-order valence-electron chi connectivity index (χ4n) is 2.17. The fraction of sp³-hybridized carbons (Fsp3) is 0.429. The molecule has 5 nitrogen and oxygen atoms in total. The Bertz CT molecular complexity index is 578. The smallest absolute Gasteiger partial charge is 0.289 e. The van der Waals surface area contributed by atoms with Crippen molar-refractivity contribution in [1.82, 2.24) is 4.90 Å². The second-order valence-corrected chi connectivity index (χ2v) is 6.47. The number of hydrogen-bond acceptors (Lipinski definition) is 5. The molecule has 0 aromatic heterocycles. The summed E-state index contributed by atoms with van der Waals surface area (Å²) >= 11 is 4.55. The highest BCUT2D eigenvalue weighted by Gasteiger charge is 2.38. The second kappa shape index (κ2) is 6.70. The summed E-state index contributed by atoms with van der Waals surface area (Å²) in [5.74, 6) is 1.09. The van der Waals surface area contributed by atoms with Crippen LogP contribution in [0.25, 0.3) is 0 Å². The summed E-state index contributed by atoms with van der Waals surface area (Å²) in [6, 6.07) is 3.63. The zero-order valence-electron chi connectivity index (χ0n) is 12.0. The van der Waals surface area contributed by atoms with E-state index in [1.165, 1.54) is 4.90 Å². The molecule has 0 N–H and O–H groups in total. The number of benzene rings is 1. The molecule has 0 radical (unpaired) electrons. The molecule has 1 atom stereocenters. The molecule has 0 unspecified atom stereocenters. The van der Waals surface area contributed by atoms with Gasteiger partial charge in [-0.2, -0.15) is 0 Å². The molecule has 0 aliphatic carbocycles. The zero-order chi connectivity index (χ0) is 15.6. The van der Waals surface area contributed by atoms with Crippen molar-refractivity contribution in [1.29, 1.82) is 0 Å². The predicted molar refractivity (Wildman–Crippen MR) is 85.1 cm³/mol. The minimum Gasteiger partial charge on any atom is -0.493 e. The van der Waals surface area contributed by atoms with Gasteiger partial charge in [0.25, 0.3) is 5.24 Å². The molecule has 1 aromatic carbocycles. The van der Waals surface area contributed by atoms with Gasteiger partial charge in [0.2, 0.25) is 5.91 Å². The minimum atomic E-state index is -0.383. The third-order valence-electron chi connectivity index (χ3n) is 3.28. The van der Waals surface area contributed by atoms with E-state index in [4.69, 9.17) is 9.47 Å². The number of hydrogen-bond donors (Lipinski definition) is 0. The molecule has 0 spiro atoms. The predicted octanol–water partition coefficient (Wildman–Crippen LogP) is 3.09. The highest BCUT2D eigenvalue weighted by Crippen LogP contribution is 2.36. The van der Waals surface area contributed by atoms with Crippen LogP contribution in [0.1, 0.15) is 12.5 Å². The van der Waals surface area contributed by atoms with Crippen LogP contribution in [-0.4, -0.2) is 42.1 Å². The molecule has 0 saturated carbocycles. The number of nitrogens with zero attached hydrogens (tertiary/aromatic N) is 1. The highest BCUT2D eigenvalue weighted by atomic mass is 79.9. The second-order valence-electron chi connectivity index (χ2n) is 4.46. The molecule has 1 heterocycles. The summed E-state index contributed by atoms with van der Waals surface area (Å²) in [4.78, 5) is 25.2. The van der Waals surface area contributed by atoms with Gasteiger partial charge in [-0.15, -0.1) is 0 Å². The van der Waals surface area contributed by atoms with Crippen molar-refractivity contribution < 1.29 is 19.1 Å². The number of amides is 2. The molecule has 1 fully saturated rings. The molecule has 1 aliphatic heterocycles. The van der Waals surface area contributed by atoms with Gasteiger partial charge >= 0.3 is 0 Å². The molecular weight excluding hydrogens is 358 g/mol. The number of carbonyl (C=O) groups excluding carboxylic acids is 2. The molecule has 2 amide bonds. The highest BCUT2D eigenvalue weighted by molar-refractivity contribution is 9.10. The lowest BCUT2D eigenvalue weighted by Gasteiger charge is -2.14. The normalized spacial score (nSPS) is 18.3. The van der Waals surface area contributed by atoms with E-state index in [-0.39, 0.29) is 16.4 Å². The van der Waals surface area contributed by atoms with Crippen LogP contribution in [0.2, 0.25) is 0 Å². The molecule has 21 heavy (non-hydrogen) atoms. The molecule has 7 heteroatoms. The third-order valence-corrected chi connectivity index (χ3v) is 5.09. The third kappa shape index (κ3) is 3.18. The molecule has 1 aliphatic rings. The Morgan fingerprint density at radius 1 is 1.24 bits per heavy atom. The SMILES string of the molecule is CCN1C(=O)S[C@H](Cc2cc(OC)c(OC)cc2Br)C1=O. The summed E-state index contributed by atoms with van der Waals surface area (Å²) in [7, 11) is 3.13. The van der Waals surface area contributed by atoms with Crippen molar-refractivity contribution in [2.24, 2.45) is 0 Å². The van der Waals surface area contributed by atoms with Crippen LogP contribution in [0.15, 0.2) is 16.6 Å². The summed E-state index contributed by atoms with van der Waals surface area (Å²) in [6.45, 7) is 2.21. The number of methoxy groups -OCH3 is 2. The Morgan fingerprint density at radius 3 is 2.38 bits per heavy atom. The maximum Gasteiger partial charge on any atom is 0.289 e. The summed E-state index contributed by atoms with van der Waals surface area (Å²) in [5.41, 5.74) is 0.907. The van der Waals surface area contributed by atoms with E-state index < -0.39 is 0 Å². The summed E-state index contributed by atoms with van der Waals surface area (Å²) < 4.78 is 11.3. The Morgan fingerprint density at radius 2 is 1.86 bits per heavy atom. The lowest BCUT2D eigenvalue weighted by atomic mass is 10.1. The minimum absolute atomic E-state index is 0.130. The first kappa shape index (κ1) is 16.2. The first-order valence-electron chi connectivity index (χ1n) is 6.44. The van der Waals surface area contributed by atoms with Gasteiger partial charge in [0.1, 0.15) is 0 Å². The van der Waals surface area contributed by atoms with Crippen LogP contribution in [0, 0.1) is 0 Å². The number of halogens is 1. The zero-order valence-corrected chi connectivity index (χ0v) is 14.4. The number of carbonyl (C=O) groups is 2. The topological polar surface area (TPSA) is 55.8 Å². The van der Waals surface area contributed by atoms with E-state index in [2.05, 4.69) is 15.9 Å². The largest absolute Gasteiger partial charge is 0.493 e. The number of rotatable bonds is 5. The van der Waals surface area contributed by atoms with Crippen LogP contribution < -0.4 is 9.47 Å². The van der Waals surface area contributed by atoms with Crippen molar-refractivity contribution in [3.63, 3.8) is 0 Å². The fourth-order valence-corrected chi connectivity index (χ4v) is 3.73. The van der Waals surface area contributed by atoms with E-state index in [0.717, 1.165) is 21.8 Å². The van der Waals surface area contributed by atoms with Gasteiger partial charge in [0.15, 0.2) is 11.5 Å².